The number of benzene rings is 1. The number of ether oxygens (including phenoxy) is 1. The van der Waals surface area contributed by atoms with Gasteiger partial charge in [0, 0.05) is 12.8 Å². The number of nitrogens with one attached hydrogen (secondary N) is 1. The molecule has 32 heavy (non-hydrogen) atoms. The first-order valence-electron chi connectivity index (χ1n) is 11.3. The molecule has 1 N–H and O–H groups in total. The molecule has 0 radical (unpaired) electrons. The molecule has 1 atom stereocenters. The van der Waals surface area contributed by atoms with Crippen LogP contribution in [0, 0.1) is 5.92 Å². The molecule has 0 spiro atoms. The minimum atomic E-state index is -3.86. The predicted octanol–water partition coefficient (Wildman–Crippen LogP) is 3.49. The Morgan fingerprint density at radius 1 is 1.09 bits per heavy atom. The van der Waals surface area contributed by atoms with Gasteiger partial charge in [0.05, 0.1) is 18.6 Å². The van der Waals surface area contributed by atoms with Crippen molar-refractivity contribution in [3.8, 4) is 0 Å². The van der Waals surface area contributed by atoms with E-state index in [4.69, 9.17) is 9.72 Å². The molecule has 0 aliphatic rings. The largest absolute Gasteiger partial charge is 0.468 e. The van der Waals surface area contributed by atoms with E-state index in [0.29, 0.717) is 6.54 Å². The van der Waals surface area contributed by atoms with Crippen LogP contribution in [0.15, 0.2) is 29.2 Å². The summed E-state index contributed by atoms with van der Waals surface area (Å²) in [6.45, 7) is 8.35. The Balaban J connectivity index is 2.18. The maximum Gasteiger partial charge on any atom is 0.324 e. The number of hydrogen-bond acceptors (Lipinski definition) is 6. The maximum atomic E-state index is 12.8. The first kappa shape index (κ1) is 26.0. The third-order valence-electron chi connectivity index (χ3n) is 5.27. The van der Waals surface area contributed by atoms with Crippen molar-refractivity contribution in [2.45, 2.75) is 83.7 Å². The number of carbonyl (C=O) groups is 1. The summed E-state index contributed by atoms with van der Waals surface area (Å²) >= 11 is 0. The van der Waals surface area contributed by atoms with Crippen LogP contribution >= 0.6 is 0 Å². The van der Waals surface area contributed by atoms with E-state index < -0.39 is 22.0 Å². The van der Waals surface area contributed by atoms with Gasteiger partial charge in [-0.2, -0.15) is 9.82 Å². The lowest BCUT2D eigenvalue weighted by Gasteiger charge is -2.19. The van der Waals surface area contributed by atoms with E-state index in [-0.39, 0.29) is 10.8 Å². The molecular weight excluding hydrogens is 428 g/mol. The van der Waals surface area contributed by atoms with Crippen molar-refractivity contribution in [3.63, 3.8) is 0 Å². The lowest BCUT2D eigenvalue weighted by molar-refractivity contribution is -0.143. The number of carbonyl (C=O) groups excluding carboxylic acids is 1. The highest BCUT2D eigenvalue weighted by atomic mass is 32.2. The number of aromatic nitrogens is 3. The van der Waals surface area contributed by atoms with Gasteiger partial charge in [-0.1, -0.05) is 52.7 Å². The van der Waals surface area contributed by atoms with Gasteiger partial charge >= 0.3 is 5.97 Å². The molecule has 2 aromatic rings. The summed E-state index contributed by atoms with van der Waals surface area (Å²) in [5.74, 6) is 0.982. The molecule has 1 aromatic heterocycles. The molecule has 0 fully saturated rings. The van der Waals surface area contributed by atoms with Crippen molar-refractivity contribution >= 4 is 16.0 Å². The Morgan fingerprint density at radius 2 is 1.72 bits per heavy atom. The zero-order valence-electron chi connectivity index (χ0n) is 19.8. The van der Waals surface area contributed by atoms with Gasteiger partial charge in [-0.3, -0.25) is 4.79 Å². The van der Waals surface area contributed by atoms with Crippen molar-refractivity contribution < 1.29 is 17.9 Å². The number of hydrogen-bond donors (Lipinski definition) is 1. The van der Waals surface area contributed by atoms with Crippen LogP contribution in [0.2, 0.25) is 0 Å². The normalized spacial score (nSPS) is 12.8. The third-order valence-corrected chi connectivity index (χ3v) is 6.73. The van der Waals surface area contributed by atoms with Crippen molar-refractivity contribution in [2.24, 2.45) is 5.92 Å². The third kappa shape index (κ3) is 7.13. The molecular formula is C23H36N4O4S. The highest BCUT2D eigenvalue weighted by Crippen LogP contribution is 2.16. The van der Waals surface area contributed by atoms with Crippen LogP contribution in [0.5, 0.6) is 0 Å². The van der Waals surface area contributed by atoms with E-state index in [2.05, 4.69) is 23.7 Å². The summed E-state index contributed by atoms with van der Waals surface area (Å²) < 4.78 is 34.6. The Hall–Kier alpha value is -2.26. The van der Waals surface area contributed by atoms with Crippen LogP contribution < -0.4 is 4.72 Å². The van der Waals surface area contributed by atoms with Crippen molar-refractivity contribution in [3.05, 3.63) is 41.5 Å². The lowest BCUT2D eigenvalue weighted by Crippen LogP contribution is -2.44. The number of sulfonamides is 1. The summed E-state index contributed by atoms with van der Waals surface area (Å²) in [5.41, 5.74) is 0.932. The first-order valence-corrected chi connectivity index (χ1v) is 12.8. The fraction of sp³-hybridized carbons (Fsp3) is 0.609. The number of unbranched alkanes of at least 4 members (excludes halogenated alkanes) is 2. The van der Waals surface area contributed by atoms with Gasteiger partial charge < -0.3 is 4.74 Å². The van der Waals surface area contributed by atoms with Crippen LogP contribution in [0.25, 0.3) is 0 Å². The summed E-state index contributed by atoms with van der Waals surface area (Å²) in [6.07, 6.45) is 6.01. The van der Waals surface area contributed by atoms with Crippen molar-refractivity contribution in [2.75, 3.05) is 7.11 Å². The fourth-order valence-electron chi connectivity index (χ4n) is 3.28. The average Bonchev–Trinajstić information content (AvgIpc) is 3.15. The zero-order valence-corrected chi connectivity index (χ0v) is 20.6. The minimum Gasteiger partial charge on any atom is -0.468 e. The highest BCUT2D eigenvalue weighted by Gasteiger charge is 2.29. The van der Waals surface area contributed by atoms with E-state index in [9.17, 15) is 13.2 Å². The summed E-state index contributed by atoms with van der Waals surface area (Å²) in [7, 11) is -2.62. The molecule has 0 bridgehead atoms. The Bertz CT molecular complexity index is 968. The van der Waals surface area contributed by atoms with Crippen LogP contribution in [-0.4, -0.2) is 42.3 Å². The average molecular weight is 465 g/mol. The van der Waals surface area contributed by atoms with Gasteiger partial charge in [-0.25, -0.2) is 18.1 Å². The maximum absolute atomic E-state index is 12.8. The first-order chi connectivity index (χ1) is 15.2. The number of rotatable bonds is 13. The Morgan fingerprint density at radius 3 is 2.28 bits per heavy atom. The van der Waals surface area contributed by atoms with Gasteiger partial charge in [0.15, 0.2) is 5.82 Å². The molecule has 1 heterocycles. The summed E-state index contributed by atoms with van der Waals surface area (Å²) in [5, 5.41) is 4.68. The molecule has 0 amide bonds. The lowest BCUT2D eigenvalue weighted by atomic mass is 10.1. The number of aryl methyl sites for hydroxylation is 2. The zero-order chi connectivity index (χ0) is 23.7. The Labute approximate surface area is 191 Å². The molecule has 8 nitrogen and oxygen atoms in total. The van der Waals surface area contributed by atoms with Gasteiger partial charge in [-0.05, 0) is 36.5 Å². The quantitative estimate of drug-likeness (QED) is 0.455. The molecule has 0 saturated heterocycles. The molecule has 0 aliphatic heterocycles. The van der Waals surface area contributed by atoms with Gasteiger partial charge in [0.25, 0.3) is 0 Å². The summed E-state index contributed by atoms with van der Waals surface area (Å²) in [6, 6.07) is 5.70. The molecule has 0 unspecified atom stereocenters. The van der Waals surface area contributed by atoms with Gasteiger partial charge in [0.2, 0.25) is 10.0 Å². The number of methoxy groups -OCH3 is 1. The molecule has 2 rings (SSSR count). The van der Waals surface area contributed by atoms with E-state index >= 15 is 0 Å². The topological polar surface area (TPSA) is 103 Å². The monoisotopic (exact) mass is 464 g/mol. The van der Waals surface area contributed by atoms with Crippen LogP contribution in [0.4, 0.5) is 0 Å². The molecule has 9 heteroatoms. The predicted molar refractivity (Wildman–Crippen MR) is 124 cm³/mol. The second-order valence-corrected chi connectivity index (χ2v) is 10.0. The Kier molecular flexibility index (Phi) is 9.84. The minimum absolute atomic E-state index is 0.101. The standard InChI is InChI=1S/C23H36N4O4S/c1-6-8-10-20-24-21(11-9-7-2)27(25-20)16-18-12-14-19(15-13-18)32(29,30)26-22(17(3)4)23(28)31-5/h12-15,17,22,26H,6-11,16H2,1-5H3/t22-/m1/s1. The van der Waals surface area contributed by atoms with E-state index in [1.165, 1.54) is 7.11 Å². The van der Waals surface area contributed by atoms with Crippen molar-refractivity contribution in [1.29, 1.82) is 0 Å². The van der Waals surface area contributed by atoms with Gasteiger partial charge in [-0.15, -0.1) is 0 Å². The van der Waals surface area contributed by atoms with Gasteiger partial charge in [0.1, 0.15) is 11.9 Å². The SMILES string of the molecule is CCCCc1nc(CCCC)n(Cc2ccc(S(=O)(=O)N[C@@H](C(=O)OC)C(C)C)cc2)n1. The molecule has 0 saturated carbocycles. The van der Waals surface area contributed by atoms with E-state index in [0.717, 1.165) is 55.7 Å². The smallest absolute Gasteiger partial charge is 0.324 e. The fourth-order valence-corrected chi connectivity index (χ4v) is 4.61. The number of nitrogens with zero attached hydrogens (tertiary/aromatic N) is 3. The van der Waals surface area contributed by atoms with Crippen molar-refractivity contribution in [1.82, 2.24) is 19.5 Å². The van der Waals surface area contributed by atoms with E-state index in [1.54, 1.807) is 38.1 Å². The second-order valence-electron chi connectivity index (χ2n) is 8.32. The summed E-state index contributed by atoms with van der Waals surface area (Å²) in [4.78, 5) is 16.7. The molecule has 1 aromatic carbocycles. The van der Waals surface area contributed by atoms with E-state index in [1.807, 2.05) is 4.68 Å². The highest BCUT2D eigenvalue weighted by molar-refractivity contribution is 7.89. The van der Waals surface area contributed by atoms with Crippen LogP contribution in [-0.2, 0) is 38.9 Å². The molecule has 178 valence electrons. The second kappa shape index (κ2) is 12.1. The van der Waals surface area contributed by atoms with Crippen LogP contribution in [0.3, 0.4) is 0 Å². The van der Waals surface area contributed by atoms with Crippen LogP contribution in [0.1, 0.15) is 70.6 Å². The molecule has 0 aliphatic carbocycles. The number of esters is 1.